The van der Waals surface area contributed by atoms with Crippen molar-refractivity contribution in [3.63, 3.8) is 0 Å². The molecule has 0 aliphatic rings. The van der Waals surface area contributed by atoms with Crippen LogP contribution in [0.1, 0.15) is 12.8 Å². The van der Waals surface area contributed by atoms with Gasteiger partial charge in [0, 0.05) is 43.1 Å². The van der Waals surface area contributed by atoms with Crippen molar-refractivity contribution in [2.24, 2.45) is 0 Å². The van der Waals surface area contributed by atoms with Crippen molar-refractivity contribution in [2.75, 3.05) is 26.7 Å². The smallest absolute Gasteiger partial charge is 0.798 e. The van der Waals surface area contributed by atoms with Crippen molar-refractivity contribution in [1.82, 2.24) is 0 Å². The summed E-state index contributed by atoms with van der Waals surface area (Å²) in [5.74, 6) is -0.176. The maximum absolute atomic E-state index is 10.6. The van der Waals surface area contributed by atoms with E-state index in [0.29, 0.717) is 0 Å². The molecule has 0 aromatic heterocycles. The fraction of sp³-hybridized carbons (Fsp3) is 0.800. The van der Waals surface area contributed by atoms with Crippen LogP contribution in [-0.2, 0) is 28.6 Å². The number of aliphatic hydroxyl groups is 2. The zero-order valence-electron chi connectivity index (χ0n) is 13.6. The fourth-order valence-corrected chi connectivity index (χ4v) is 3.17. The molecule has 0 saturated carbocycles. The van der Waals surface area contributed by atoms with Crippen LogP contribution in [0.3, 0.4) is 0 Å². The molecule has 132 valence electrons. The minimum atomic E-state index is -3.67. The van der Waals surface area contributed by atoms with Crippen LogP contribution in [0.5, 0.6) is 0 Å². The number of hydrogen-bond donors (Lipinski definition) is 2. The van der Waals surface area contributed by atoms with Crippen LogP contribution < -0.4 is 19.6 Å². The Kier molecular flexibility index (Phi) is 16.9. The summed E-state index contributed by atoms with van der Waals surface area (Å²) in [5.41, 5.74) is 0. The third-order valence-corrected chi connectivity index (χ3v) is 6.27. The molecule has 0 aromatic rings. The third-order valence-electron chi connectivity index (χ3n) is 2.23. The first-order chi connectivity index (χ1) is 9.67. The van der Waals surface area contributed by atoms with Gasteiger partial charge in [-0.2, -0.15) is 0 Å². The first-order valence-electron chi connectivity index (χ1n) is 6.07. The van der Waals surface area contributed by atoms with E-state index in [2.05, 4.69) is 0 Å². The Hall–Kier alpha value is 1.18. The SMILES string of the molecule is C[P+]([O-])=CCC(O)P(C)(=O)[O-].C[P+]([O-])=CCC(O)P(C)(=O)[O-].[Zn+2]. The van der Waals surface area contributed by atoms with Crippen molar-refractivity contribution in [3.05, 3.63) is 0 Å². The Balaban J connectivity index is -0.000000333. The van der Waals surface area contributed by atoms with Crippen LogP contribution in [-0.4, -0.2) is 60.2 Å². The topological polar surface area (TPSA) is 167 Å². The van der Waals surface area contributed by atoms with Gasteiger partial charge >= 0.3 is 19.5 Å². The van der Waals surface area contributed by atoms with Gasteiger partial charge in [-0.15, -0.1) is 0 Å². The predicted octanol–water partition coefficient (Wildman–Crippen LogP) is -1.70. The second kappa shape index (κ2) is 13.4. The Morgan fingerprint density at radius 2 is 1.13 bits per heavy atom. The van der Waals surface area contributed by atoms with E-state index in [-0.39, 0.29) is 32.3 Å². The number of rotatable bonds is 6. The minimum Gasteiger partial charge on any atom is -0.798 e. The van der Waals surface area contributed by atoms with Crippen molar-refractivity contribution in [1.29, 1.82) is 0 Å². The molecule has 0 rings (SSSR count). The van der Waals surface area contributed by atoms with E-state index < -0.39 is 42.0 Å². The van der Waals surface area contributed by atoms with Crippen LogP contribution in [0.25, 0.3) is 0 Å². The Morgan fingerprint density at radius 1 is 0.913 bits per heavy atom. The summed E-state index contributed by atoms with van der Waals surface area (Å²) in [6, 6.07) is 0. The van der Waals surface area contributed by atoms with Gasteiger partial charge in [0.2, 0.25) is 0 Å². The van der Waals surface area contributed by atoms with E-state index >= 15 is 0 Å². The third kappa shape index (κ3) is 19.4. The Bertz CT molecular complexity index is 431. The van der Waals surface area contributed by atoms with Crippen molar-refractivity contribution in [2.45, 2.75) is 24.5 Å². The maximum Gasteiger partial charge on any atom is 2.00 e. The molecular weight excluding hydrogens is 437 g/mol. The summed E-state index contributed by atoms with van der Waals surface area (Å²) in [7, 11) is -10.3. The standard InChI is InChI=1S/2C5H12O4P2.Zn/c2*1-10(7)4-3-5(6)11(2,8)9;/h2*4-6H,3H2,1-2H3,(H,8,9);/q;;+2/p-2. The van der Waals surface area contributed by atoms with E-state index in [1.54, 1.807) is 0 Å². The first kappa shape index (κ1) is 29.0. The van der Waals surface area contributed by atoms with Gasteiger partial charge in [-0.3, -0.25) is 0 Å². The van der Waals surface area contributed by atoms with E-state index in [9.17, 15) is 28.7 Å². The van der Waals surface area contributed by atoms with E-state index in [4.69, 9.17) is 10.2 Å². The quantitative estimate of drug-likeness (QED) is 0.350. The summed E-state index contributed by atoms with van der Waals surface area (Å²) in [6.07, 6.45) is -0.105. The van der Waals surface area contributed by atoms with Crippen molar-refractivity contribution in [3.8, 4) is 0 Å². The molecule has 13 heteroatoms. The molecule has 0 fully saturated rings. The van der Waals surface area contributed by atoms with Crippen LogP contribution in [0.15, 0.2) is 0 Å². The van der Waals surface area contributed by atoms with Crippen LogP contribution >= 0.6 is 30.3 Å². The minimum absolute atomic E-state index is 0. The molecule has 6 atom stereocenters. The largest absolute Gasteiger partial charge is 2.00 e. The molecule has 0 heterocycles. The molecule has 0 aromatic carbocycles. The summed E-state index contributed by atoms with van der Waals surface area (Å²) < 4.78 is 21.2. The molecule has 0 saturated heterocycles. The van der Waals surface area contributed by atoms with Crippen LogP contribution in [0, 0.1) is 0 Å². The molecule has 23 heavy (non-hydrogen) atoms. The average Bonchev–Trinajstić information content (AvgIpc) is 2.31. The van der Waals surface area contributed by atoms with Gasteiger partial charge in [0.25, 0.3) is 0 Å². The Labute approximate surface area is 151 Å². The molecule has 0 amide bonds. The summed E-state index contributed by atoms with van der Waals surface area (Å²) in [4.78, 5) is 42.1. The summed E-state index contributed by atoms with van der Waals surface area (Å²) >= 11 is 0. The molecule has 0 bridgehead atoms. The molecule has 8 nitrogen and oxygen atoms in total. The second-order valence-electron chi connectivity index (χ2n) is 4.71. The van der Waals surface area contributed by atoms with Gasteiger partial charge in [0.15, 0.2) is 0 Å². The molecule has 0 aliphatic heterocycles. The van der Waals surface area contributed by atoms with E-state index in [1.807, 2.05) is 0 Å². The monoisotopic (exact) mass is 458 g/mol. The van der Waals surface area contributed by atoms with Gasteiger partial charge in [-0.1, -0.05) is 0 Å². The molecule has 0 radical (unpaired) electrons. The van der Waals surface area contributed by atoms with Gasteiger partial charge in [0.05, 0.1) is 24.9 Å². The van der Waals surface area contributed by atoms with Gasteiger partial charge in [0.1, 0.15) is 11.7 Å². The zero-order valence-corrected chi connectivity index (χ0v) is 20.1. The molecule has 2 N–H and O–H groups in total. The maximum atomic E-state index is 10.6. The molecule has 0 aliphatic carbocycles. The molecule has 0 spiro atoms. The van der Waals surface area contributed by atoms with Crippen molar-refractivity contribution >= 4 is 41.9 Å². The zero-order chi connectivity index (χ0) is 18.1. The Morgan fingerprint density at radius 3 is 1.26 bits per heavy atom. The van der Waals surface area contributed by atoms with Crippen LogP contribution in [0.4, 0.5) is 0 Å². The normalized spacial score (nSPS) is 20.1. The predicted molar refractivity (Wildman–Crippen MR) is 86.1 cm³/mol. The molecule has 6 unspecified atom stereocenters. The van der Waals surface area contributed by atoms with Crippen molar-refractivity contribution < 1.29 is 58.4 Å². The summed E-state index contributed by atoms with van der Waals surface area (Å²) in [5, 5.41) is 17.8. The molecular formula is C10H22O8P4Zn. The fourth-order valence-electron chi connectivity index (χ4n) is 0.868. The van der Waals surface area contributed by atoms with E-state index in [0.717, 1.165) is 13.3 Å². The van der Waals surface area contributed by atoms with Crippen LogP contribution in [0.2, 0.25) is 0 Å². The summed E-state index contributed by atoms with van der Waals surface area (Å²) in [6.45, 7) is 4.84. The first-order valence-corrected chi connectivity index (χ1v) is 13.9. The van der Waals surface area contributed by atoms with Gasteiger partial charge in [-0.05, 0) is 13.3 Å². The average molecular weight is 460 g/mol. The van der Waals surface area contributed by atoms with Gasteiger partial charge in [-0.25, -0.2) is 0 Å². The second-order valence-corrected chi connectivity index (χ2v) is 12.4. The van der Waals surface area contributed by atoms with Gasteiger partial charge < -0.3 is 38.9 Å². The van der Waals surface area contributed by atoms with E-state index in [1.165, 1.54) is 24.9 Å². The number of aliphatic hydroxyl groups excluding tert-OH is 2. The number of hydrogen-bond acceptors (Lipinski definition) is 8.